The fourth-order valence-corrected chi connectivity index (χ4v) is 2.17. The lowest BCUT2D eigenvalue weighted by Crippen LogP contribution is -2.41. The van der Waals surface area contributed by atoms with Gasteiger partial charge in [0, 0.05) is 23.3 Å². The molecule has 0 bridgehead atoms. The molecule has 0 aliphatic rings. The number of nitrogens with one attached hydrogen (secondary N) is 2. The predicted octanol–water partition coefficient (Wildman–Crippen LogP) is 3.19. The maximum Gasteiger partial charge on any atom is 0.0537 e. The highest BCUT2D eigenvalue weighted by molar-refractivity contribution is 5.18. The first-order valence-corrected chi connectivity index (χ1v) is 6.12. The molecule has 0 saturated heterocycles. The molecule has 0 amide bonds. The number of nitrogens with zero attached hydrogens (tertiary/aromatic N) is 1. The molecule has 0 aliphatic carbocycles. The van der Waals surface area contributed by atoms with Gasteiger partial charge in [0.25, 0.3) is 0 Å². The molecule has 0 radical (unpaired) electrons. The highest BCUT2D eigenvalue weighted by atomic mass is 15.1. The first-order chi connectivity index (χ1) is 7.36. The monoisotopic (exact) mass is 223 g/mol. The first kappa shape index (κ1) is 13.2. The van der Waals surface area contributed by atoms with Crippen molar-refractivity contribution in [3.63, 3.8) is 0 Å². The summed E-state index contributed by atoms with van der Waals surface area (Å²) in [6, 6.07) is 0.875. The van der Waals surface area contributed by atoms with Crippen LogP contribution >= 0.6 is 0 Å². The van der Waals surface area contributed by atoms with Crippen LogP contribution in [0.25, 0.3) is 0 Å². The molecule has 1 heterocycles. The van der Waals surface area contributed by atoms with Gasteiger partial charge in [0.15, 0.2) is 0 Å². The van der Waals surface area contributed by atoms with E-state index in [-0.39, 0.29) is 0 Å². The topological polar surface area (TPSA) is 40.7 Å². The molecular formula is C13H25N3. The van der Waals surface area contributed by atoms with Gasteiger partial charge in [-0.05, 0) is 25.7 Å². The van der Waals surface area contributed by atoms with Gasteiger partial charge in [0.1, 0.15) is 0 Å². The fraction of sp³-hybridized carbons (Fsp3) is 0.769. The molecule has 0 spiro atoms. The smallest absolute Gasteiger partial charge is 0.0537 e. The maximum absolute atomic E-state index is 4.07. The average molecular weight is 223 g/mol. The Morgan fingerprint density at radius 1 is 1.44 bits per heavy atom. The van der Waals surface area contributed by atoms with E-state index in [1.165, 1.54) is 5.56 Å². The van der Waals surface area contributed by atoms with Crippen molar-refractivity contribution in [2.24, 2.45) is 5.41 Å². The molecule has 0 saturated carbocycles. The number of hydrogen-bond donors (Lipinski definition) is 2. The van der Waals surface area contributed by atoms with Crippen molar-refractivity contribution in [2.45, 2.75) is 60.0 Å². The summed E-state index contributed by atoms with van der Waals surface area (Å²) >= 11 is 0. The van der Waals surface area contributed by atoms with Crippen molar-refractivity contribution >= 4 is 0 Å². The van der Waals surface area contributed by atoms with Crippen molar-refractivity contribution in [2.75, 3.05) is 0 Å². The van der Waals surface area contributed by atoms with Crippen LogP contribution in [-0.2, 0) is 0 Å². The summed E-state index contributed by atoms with van der Waals surface area (Å²) in [6.07, 6.45) is 3.06. The zero-order valence-electron chi connectivity index (χ0n) is 11.4. The summed E-state index contributed by atoms with van der Waals surface area (Å²) in [5.74, 6) is 0. The van der Waals surface area contributed by atoms with Crippen LogP contribution in [0.5, 0.6) is 0 Å². The Balaban J connectivity index is 2.70. The second kappa shape index (κ2) is 5.00. The quantitative estimate of drug-likeness (QED) is 0.823. The third-order valence-corrected chi connectivity index (χ3v) is 3.24. The lowest BCUT2D eigenvalue weighted by Gasteiger charge is -2.33. The van der Waals surface area contributed by atoms with Gasteiger partial charge in [0.05, 0.1) is 6.20 Å². The second-order valence-electron chi connectivity index (χ2n) is 5.67. The minimum Gasteiger partial charge on any atom is -0.307 e. The van der Waals surface area contributed by atoms with Crippen LogP contribution in [-0.4, -0.2) is 16.2 Å². The molecule has 1 aromatic heterocycles. The van der Waals surface area contributed by atoms with Gasteiger partial charge in [-0.25, -0.2) is 0 Å². The molecule has 0 aromatic carbocycles. The first-order valence-electron chi connectivity index (χ1n) is 6.12. The van der Waals surface area contributed by atoms with Crippen molar-refractivity contribution in [3.05, 3.63) is 17.5 Å². The molecule has 1 rings (SSSR count). The highest BCUT2D eigenvalue weighted by Crippen LogP contribution is 2.25. The zero-order chi connectivity index (χ0) is 12.3. The SMILES string of the molecule is CCC(NC(C)c1cn[nH]c1C)C(C)(C)C. The van der Waals surface area contributed by atoms with Gasteiger partial charge in [-0.3, -0.25) is 5.10 Å². The van der Waals surface area contributed by atoms with E-state index in [1.54, 1.807) is 0 Å². The van der Waals surface area contributed by atoms with Crippen molar-refractivity contribution in [3.8, 4) is 0 Å². The Hall–Kier alpha value is -0.830. The van der Waals surface area contributed by atoms with Gasteiger partial charge in [0.2, 0.25) is 0 Å². The lowest BCUT2D eigenvalue weighted by molar-refractivity contribution is 0.244. The molecule has 0 fully saturated rings. The molecule has 2 N–H and O–H groups in total. The molecule has 2 atom stereocenters. The summed E-state index contributed by atoms with van der Waals surface area (Å²) in [5, 5.41) is 10.8. The van der Waals surface area contributed by atoms with E-state index in [0.29, 0.717) is 17.5 Å². The second-order valence-corrected chi connectivity index (χ2v) is 5.67. The summed E-state index contributed by atoms with van der Waals surface area (Å²) in [5.41, 5.74) is 2.71. The van der Waals surface area contributed by atoms with E-state index in [1.807, 2.05) is 6.20 Å². The van der Waals surface area contributed by atoms with E-state index in [9.17, 15) is 0 Å². The third kappa shape index (κ3) is 3.08. The maximum atomic E-state index is 4.07. The molecule has 1 aromatic rings. The van der Waals surface area contributed by atoms with Crippen LogP contribution in [0, 0.1) is 12.3 Å². The zero-order valence-corrected chi connectivity index (χ0v) is 11.4. The standard InChI is InChI=1S/C13H25N3/c1-7-12(13(4,5)6)15-9(2)11-8-14-16-10(11)3/h8-9,12,15H,7H2,1-6H3,(H,14,16). The Kier molecular flexibility index (Phi) is 4.14. The average Bonchev–Trinajstić information content (AvgIpc) is 2.58. The van der Waals surface area contributed by atoms with E-state index >= 15 is 0 Å². The van der Waals surface area contributed by atoms with Gasteiger partial charge in [-0.1, -0.05) is 27.7 Å². The number of aromatic nitrogens is 2. The lowest BCUT2D eigenvalue weighted by atomic mass is 9.84. The normalized spacial score (nSPS) is 16.1. The summed E-state index contributed by atoms with van der Waals surface area (Å²) in [7, 11) is 0. The van der Waals surface area contributed by atoms with Crippen LogP contribution in [0.15, 0.2) is 6.20 Å². The van der Waals surface area contributed by atoms with Gasteiger partial charge in [-0.2, -0.15) is 5.10 Å². The third-order valence-electron chi connectivity index (χ3n) is 3.24. The molecular weight excluding hydrogens is 198 g/mol. The van der Waals surface area contributed by atoms with Crippen LogP contribution in [0.4, 0.5) is 0 Å². The molecule has 3 heteroatoms. The van der Waals surface area contributed by atoms with Gasteiger partial charge >= 0.3 is 0 Å². The Morgan fingerprint density at radius 3 is 2.44 bits per heavy atom. The number of rotatable bonds is 4. The summed E-state index contributed by atoms with van der Waals surface area (Å²) in [4.78, 5) is 0. The van der Waals surface area contributed by atoms with Crippen molar-refractivity contribution in [1.82, 2.24) is 15.5 Å². The minimum atomic E-state index is 0.292. The number of hydrogen-bond acceptors (Lipinski definition) is 2. The number of H-pyrrole nitrogens is 1. The Bertz CT molecular complexity index is 322. The fourth-order valence-electron chi connectivity index (χ4n) is 2.17. The van der Waals surface area contributed by atoms with Crippen LogP contribution < -0.4 is 5.32 Å². The van der Waals surface area contributed by atoms with E-state index in [0.717, 1.165) is 12.1 Å². The highest BCUT2D eigenvalue weighted by Gasteiger charge is 2.25. The Labute approximate surface area is 99.0 Å². The molecule has 92 valence electrons. The number of aryl methyl sites for hydroxylation is 1. The summed E-state index contributed by atoms with van der Waals surface area (Å²) < 4.78 is 0. The van der Waals surface area contributed by atoms with E-state index < -0.39 is 0 Å². The molecule has 16 heavy (non-hydrogen) atoms. The minimum absolute atomic E-state index is 0.292. The van der Waals surface area contributed by atoms with Crippen molar-refractivity contribution in [1.29, 1.82) is 0 Å². The molecule has 3 nitrogen and oxygen atoms in total. The van der Waals surface area contributed by atoms with Crippen LogP contribution in [0.3, 0.4) is 0 Å². The van der Waals surface area contributed by atoms with E-state index in [2.05, 4.69) is 57.1 Å². The van der Waals surface area contributed by atoms with Gasteiger partial charge in [-0.15, -0.1) is 0 Å². The van der Waals surface area contributed by atoms with E-state index in [4.69, 9.17) is 0 Å². The largest absolute Gasteiger partial charge is 0.307 e. The van der Waals surface area contributed by atoms with Gasteiger partial charge < -0.3 is 5.32 Å². The molecule has 0 aliphatic heterocycles. The number of aromatic amines is 1. The summed E-state index contributed by atoms with van der Waals surface area (Å²) in [6.45, 7) is 13.3. The van der Waals surface area contributed by atoms with Crippen molar-refractivity contribution < 1.29 is 0 Å². The molecule has 2 unspecified atom stereocenters. The Morgan fingerprint density at radius 2 is 2.06 bits per heavy atom. The predicted molar refractivity (Wildman–Crippen MR) is 68.4 cm³/mol. The van der Waals surface area contributed by atoms with Crippen LogP contribution in [0.2, 0.25) is 0 Å². The van der Waals surface area contributed by atoms with Crippen LogP contribution in [0.1, 0.15) is 58.3 Å².